The zero-order valence-electron chi connectivity index (χ0n) is 14.9. The summed E-state index contributed by atoms with van der Waals surface area (Å²) in [7, 11) is 0. The van der Waals surface area contributed by atoms with Gasteiger partial charge in [0.05, 0.1) is 5.71 Å². The molecule has 0 radical (unpaired) electrons. The third-order valence-electron chi connectivity index (χ3n) is 5.33. The quantitative estimate of drug-likeness (QED) is 0.481. The number of hydrogen-bond acceptors (Lipinski definition) is 3. The Labute approximate surface area is 150 Å². The molecule has 1 fully saturated rings. The van der Waals surface area contributed by atoms with Gasteiger partial charge in [0.25, 0.3) is 0 Å². The van der Waals surface area contributed by atoms with Gasteiger partial charge in [-0.2, -0.15) is 0 Å². The lowest BCUT2D eigenvalue weighted by molar-refractivity contribution is 0.0812. The second-order valence-corrected chi connectivity index (χ2v) is 6.80. The maximum absolute atomic E-state index is 9.73. The van der Waals surface area contributed by atoms with E-state index in [1.54, 1.807) is 0 Å². The van der Waals surface area contributed by atoms with Crippen molar-refractivity contribution >= 4 is 5.71 Å². The van der Waals surface area contributed by atoms with Crippen LogP contribution in [0.4, 0.5) is 0 Å². The molecule has 2 aromatic carbocycles. The van der Waals surface area contributed by atoms with Gasteiger partial charge in [0.2, 0.25) is 0 Å². The predicted octanol–water partition coefficient (Wildman–Crippen LogP) is 5.07. The second-order valence-electron chi connectivity index (χ2n) is 6.80. The molecule has 25 heavy (non-hydrogen) atoms. The summed E-state index contributed by atoms with van der Waals surface area (Å²) < 4.78 is 0. The van der Waals surface area contributed by atoms with Crippen molar-refractivity contribution in [1.29, 1.82) is 0 Å². The van der Waals surface area contributed by atoms with Gasteiger partial charge in [0.15, 0.2) is 0 Å². The van der Waals surface area contributed by atoms with Crippen LogP contribution in [0, 0.1) is 11.8 Å². The molecule has 4 atom stereocenters. The molecule has 0 bridgehead atoms. The first-order chi connectivity index (χ1) is 12.2. The van der Waals surface area contributed by atoms with E-state index < -0.39 is 0 Å². The van der Waals surface area contributed by atoms with Crippen molar-refractivity contribution < 1.29 is 5.21 Å². The third kappa shape index (κ3) is 3.24. The lowest BCUT2D eigenvalue weighted by Crippen LogP contribution is -2.49. The Morgan fingerprint density at radius 1 is 0.920 bits per heavy atom. The standard InChI is InChI=1S/C22H26N2O/c1-4-15-24-21(18-11-7-5-8-12-18)16(2)20(23-25)17(3)22(24)19-13-9-6-10-14-19/h4-14,16-17,21-22,25H,1,15H2,2-3H3/t16-,17+,21-,22+. The Bertz CT molecular complexity index is 671. The minimum atomic E-state index is 0.127. The summed E-state index contributed by atoms with van der Waals surface area (Å²) in [6, 6.07) is 21.3. The van der Waals surface area contributed by atoms with Crippen LogP contribution in [0.3, 0.4) is 0 Å². The number of likely N-dealkylation sites (tertiary alicyclic amines) is 1. The summed E-state index contributed by atoms with van der Waals surface area (Å²) in [5.74, 6) is 0.254. The molecule has 3 rings (SSSR count). The molecule has 1 aliphatic rings. The molecule has 0 unspecified atom stereocenters. The van der Waals surface area contributed by atoms with Gasteiger partial charge in [0, 0.05) is 30.5 Å². The molecule has 3 heteroatoms. The van der Waals surface area contributed by atoms with E-state index in [9.17, 15) is 5.21 Å². The van der Waals surface area contributed by atoms with Gasteiger partial charge in [-0.1, -0.05) is 85.7 Å². The number of benzene rings is 2. The number of rotatable bonds is 4. The van der Waals surface area contributed by atoms with Gasteiger partial charge in [-0.05, 0) is 11.1 Å². The van der Waals surface area contributed by atoms with Crippen molar-refractivity contribution in [1.82, 2.24) is 4.90 Å². The van der Waals surface area contributed by atoms with Crippen LogP contribution in [0.5, 0.6) is 0 Å². The molecular formula is C22H26N2O. The smallest absolute Gasteiger partial charge is 0.0665 e. The predicted molar refractivity (Wildman–Crippen MR) is 103 cm³/mol. The Morgan fingerprint density at radius 2 is 1.36 bits per heavy atom. The molecule has 1 heterocycles. The Hall–Kier alpha value is -2.39. The van der Waals surface area contributed by atoms with Crippen molar-refractivity contribution in [2.75, 3.05) is 6.54 Å². The van der Waals surface area contributed by atoms with Crippen LogP contribution in [0.2, 0.25) is 0 Å². The third-order valence-corrected chi connectivity index (χ3v) is 5.33. The van der Waals surface area contributed by atoms with Crippen LogP contribution >= 0.6 is 0 Å². The summed E-state index contributed by atoms with van der Waals surface area (Å²) in [5, 5.41) is 13.4. The SMILES string of the molecule is C=CCN1[C@H](c2ccccc2)[C@@H](C)C(=NO)[C@@H](C)[C@@H]1c1ccccc1. The van der Waals surface area contributed by atoms with E-state index in [-0.39, 0.29) is 23.9 Å². The summed E-state index contributed by atoms with van der Waals surface area (Å²) in [6.07, 6.45) is 1.96. The minimum absolute atomic E-state index is 0.127. The van der Waals surface area contributed by atoms with Crippen molar-refractivity contribution in [3.63, 3.8) is 0 Å². The highest BCUT2D eigenvalue weighted by Gasteiger charge is 2.44. The molecule has 0 amide bonds. The lowest BCUT2D eigenvalue weighted by Gasteiger charge is -2.49. The molecule has 0 aliphatic carbocycles. The Kier molecular flexibility index (Phi) is 5.34. The molecule has 1 N–H and O–H groups in total. The van der Waals surface area contributed by atoms with E-state index in [0.29, 0.717) is 0 Å². The zero-order chi connectivity index (χ0) is 17.8. The fraction of sp³-hybridized carbons (Fsp3) is 0.318. The maximum Gasteiger partial charge on any atom is 0.0665 e. The van der Waals surface area contributed by atoms with E-state index in [4.69, 9.17) is 0 Å². The van der Waals surface area contributed by atoms with Gasteiger partial charge >= 0.3 is 0 Å². The first-order valence-corrected chi connectivity index (χ1v) is 8.87. The number of hydrogen-bond donors (Lipinski definition) is 1. The average Bonchev–Trinajstić information content (AvgIpc) is 2.64. The average molecular weight is 334 g/mol. The largest absolute Gasteiger partial charge is 0.411 e. The normalized spacial score (nSPS) is 28.8. The second kappa shape index (κ2) is 7.66. The van der Waals surface area contributed by atoms with Crippen molar-refractivity contribution in [3.05, 3.63) is 84.4 Å². The van der Waals surface area contributed by atoms with E-state index in [1.165, 1.54) is 11.1 Å². The first kappa shape index (κ1) is 17.4. The fourth-order valence-electron chi connectivity index (χ4n) is 4.30. The van der Waals surface area contributed by atoms with E-state index >= 15 is 0 Å². The molecule has 1 aliphatic heterocycles. The molecule has 0 spiro atoms. The van der Waals surface area contributed by atoms with E-state index in [0.717, 1.165) is 12.3 Å². The Balaban J connectivity index is 2.13. The lowest BCUT2D eigenvalue weighted by atomic mass is 9.74. The van der Waals surface area contributed by atoms with Crippen molar-refractivity contribution in [3.8, 4) is 0 Å². The van der Waals surface area contributed by atoms with Crippen LogP contribution in [-0.4, -0.2) is 22.4 Å². The van der Waals surface area contributed by atoms with Crippen LogP contribution in [-0.2, 0) is 0 Å². The van der Waals surface area contributed by atoms with Gasteiger partial charge in [0.1, 0.15) is 0 Å². The fourth-order valence-corrected chi connectivity index (χ4v) is 4.30. The van der Waals surface area contributed by atoms with E-state index in [1.807, 2.05) is 18.2 Å². The van der Waals surface area contributed by atoms with Crippen molar-refractivity contribution in [2.45, 2.75) is 25.9 Å². The first-order valence-electron chi connectivity index (χ1n) is 8.87. The highest BCUT2D eigenvalue weighted by Crippen LogP contribution is 2.46. The molecule has 0 saturated carbocycles. The number of piperidine rings is 1. The van der Waals surface area contributed by atoms with E-state index in [2.05, 4.69) is 79.0 Å². The minimum Gasteiger partial charge on any atom is -0.411 e. The molecule has 0 aromatic heterocycles. The highest BCUT2D eigenvalue weighted by atomic mass is 16.4. The van der Waals surface area contributed by atoms with Gasteiger partial charge in [-0.15, -0.1) is 6.58 Å². The van der Waals surface area contributed by atoms with Crippen molar-refractivity contribution in [2.24, 2.45) is 17.0 Å². The van der Waals surface area contributed by atoms with Crippen LogP contribution < -0.4 is 0 Å². The zero-order valence-corrected chi connectivity index (χ0v) is 14.9. The Morgan fingerprint density at radius 3 is 1.72 bits per heavy atom. The topological polar surface area (TPSA) is 35.8 Å². The summed E-state index contributed by atoms with van der Waals surface area (Å²) >= 11 is 0. The molecule has 1 saturated heterocycles. The summed E-state index contributed by atoms with van der Waals surface area (Å²) in [6.45, 7) is 9.07. The summed E-state index contributed by atoms with van der Waals surface area (Å²) in [4.78, 5) is 2.49. The number of oxime groups is 1. The van der Waals surface area contributed by atoms with Gasteiger partial charge in [-0.25, -0.2) is 0 Å². The highest BCUT2D eigenvalue weighted by molar-refractivity contribution is 5.90. The maximum atomic E-state index is 9.73. The molecule has 2 aromatic rings. The molecule has 3 nitrogen and oxygen atoms in total. The molecule has 130 valence electrons. The van der Waals surface area contributed by atoms with Crippen LogP contribution in [0.1, 0.15) is 37.1 Å². The monoisotopic (exact) mass is 334 g/mol. The van der Waals surface area contributed by atoms with Gasteiger partial charge < -0.3 is 5.21 Å². The summed E-state index contributed by atoms with van der Waals surface area (Å²) in [5.41, 5.74) is 3.35. The van der Waals surface area contributed by atoms with Gasteiger partial charge in [-0.3, -0.25) is 4.90 Å². The molecular weight excluding hydrogens is 308 g/mol. The van der Waals surface area contributed by atoms with Crippen LogP contribution in [0.15, 0.2) is 78.5 Å². The van der Waals surface area contributed by atoms with Crippen LogP contribution in [0.25, 0.3) is 0 Å². The number of nitrogens with zero attached hydrogens (tertiary/aromatic N) is 2.